The van der Waals surface area contributed by atoms with Crippen LogP contribution in [0.5, 0.6) is 0 Å². The Hall–Kier alpha value is -1.36. The van der Waals surface area contributed by atoms with Gasteiger partial charge in [0.05, 0.1) is 5.92 Å². The molecule has 0 saturated carbocycles. The van der Waals surface area contributed by atoms with Gasteiger partial charge in [0.1, 0.15) is 5.69 Å². The lowest BCUT2D eigenvalue weighted by Gasteiger charge is -2.05. The molecule has 0 aromatic carbocycles. The van der Waals surface area contributed by atoms with Gasteiger partial charge in [-0.25, -0.2) is 0 Å². The van der Waals surface area contributed by atoms with Crippen LogP contribution < -0.4 is 0 Å². The highest BCUT2D eigenvalue weighted by Crippen LogP contribution is 2.20. The summed E-state index contributed by atoms with van der Waals surface area (Å²) in [7, 11) is 0. The Kier molecular flexibility index (Phi) is 5.15. The number of carbonyl (C=O) groups is 2. The van der Waals surface area contributed by atoms with Crippen molar-refractivity contribution in [1.29, 1.82) is 0 Å². The summed E-state index contributed by atoms with van der Waals surface area (Å²) in [5, 5.41) is 8.74. The van der Waals surface area contributed by atoms with Crippen molar-refractivity contribution in [2.45, 2.75) is 25.2 Å². The van der Waals surface area contributed by atoms with Crippen LogP contribution in [0.25, 0.3) is 0 Å². The molecular weight excluding hydrogens is 238 g/mol. The topological polar surface area (TPSA) is 67.3 Å². The number of nitrogens with zero attached hydrogens (tertiary/aromatic N) is 1. The van der Waals surface area contributed by atoms with Crippen LogP contribution in [-0.4, -0.2) is 27.6 Å². The fraction of sp³-hybridized carbons (Fsp3) is 0.417. The van der Waals surface area contributed by atoms with Gasteiger partial charge in [-0.05, 0) is 12.1 Å². The van der Waals surface area contributed by atoms with E-state index in [0.29, 0.717) is 17.9 Å². The first-order valence-corrected chi connectivity index (χ1v) is 6.38. The van der Waals surface area contributed by atoms with Crippen LogP contribution in [0.2, 0.25) is 0 Å². The monoisotopic (exact) mass is 253 g/mol. The molecule has 1 aromatic rings. The van der Waals surface area contributed by atoms with E-state index in [-0.39, 0.29) is 5.78 Å². The maximum Gasteiger partial charge on any atom is 0.307 e. The van der Waals surface area contributed by atoms with E-state index in [4.69, 9.17) is 5.11 Å². The van der Waals surface area contributed by atoms with Crippen molar-refractivity contribution in [3.05, 3.63) is 24.0 Å². The number of ketones is 1. The lowest BCUT2D eigenvalue weighted by atomic mass is 10.2. The Labute approximate surface area is 104 Å². The smallest absolute Gasteiger partial charge is 0.307 e. The molecule has 0 saturated heterocycles. The molecule has 0 amide bonds. The van der Waals surface area contributed by atoms with Gasteiger partial charge in [0, 0.05) is 23.3 Å². The van der Waals surface area contributed by atoms with E-state index < -0.39 is 11.9 Å². The molecule has 0 aliphatic rings. The maximum absolute atomic E-state index is 11.3. The SMILES string of the molecule is CCC(=O)c1ccc(SCC(C)C(=O)O)cn1. The third-order valence-corrected chi connectivity index (χ3v) is 3.51. The number of carboxylic acid groups (broad SMARTS) is 1. The minimum absolute atomic E-state index is 0.0143. The van der Waals surface area contributed by atoms with Crippen molar-refractivity contribution in [3.8, 4) is 0 Å². The number of carbonyl (C=O) groups excluding carboxylic acids is 1. The average molecular weight is 253 g/mol. The molecule has 17 heavy (non-hydrogen) atoms. The summed E-state index contributed by atoms with van der Waals surface area (Å²) in [5.41, 5.74) is 0.461. The van der Waals surface area contributed by atoms with Gasteiger partial charge in [-0.3, -0.25) is 14.6 Å². The second-order valence-electron chi connectivity index (χ2n) is 3.71. The number of aliphatic carboxylic acids is 1. The molecule has 0 spiro atoms. The summed E-state index contributed by atoms with van der Waals surface area (Å²) < 4.78 is 0. The van der Waals surface area contributed by atoms with Crippen molar-refractivity contribution >= 4 is 23.5 Å². The molecule has 0 bridgehead atoms. The largest absolute Gasteiger partial charge is 0.481 e. The summed E-state index contributed by atoms with van der Waals surface area (Å²) in [6.07, 6.45) is 2.05. The lowest BCUT2D eigenvalue weighted by Crippen LogP contribution is -2.11. The molecule has 0 radical (unpaired) electrons. The van der Waals surface area contributed by atoms with Crippen LogP contribution in [-0.2, 0) is 4.79 Å². The molecule has 0 aliphatic carbocycles. The first-order valence-electron chi connectivity index (χ1n) is 5.39. The van der Waals surface area contributed by atoms with Crippen molar-refractivity contribution < 1.29 is 14.7 Å². The summed E-state index contributed by atoms with van der Waals surface area (Å²) in [4.78, 5) is 26.9. The first kappa shape index (κ1) is 13.7. The number of aromatic nitrogens is 1. The van der Waals surface area contributed by atoms with E-state index >= 15 is 0 Å². The van der Waals surface area contributed by atoms with Crippen LogP contribution in [0, 0.1) is 5.92 Å². The van der Waals surface area contributed by atoms with E-state index in [2.05, 4.69) is 4.98 Å². The third kappa shape index (κ3) is 4.19. The number of hydrogen-bond donors (Lipinski definition) is 1. The van der Waals surface area contributed by atoms with Gasteiger partial charge < -0.3 is 5.11 Å². The van der Waals surface area contributed by atoms with E-state index in [9.17, 15) is 9.59 Å². The lowest BCUT2D eigenvalue weighted by molar-refractivity contribution is -0.140. The Bertz CT molecular complexity index is 403. The number of carboxylic acids is 1. The first-order chi connectivity index (χ1) is 8.04. The molecule has 1 aromatic heterocycles. The predicted octanol–water partition coefficient (Wildman–Crippen LogP) is 2.49. The van der Waals surface area contributed by atoms with Gasteiger partial charge in [0.2, 0.25) is 0 Å². The molecule has 1 unspecified atom stereocenters. The molecule has 4 nitrogen and oxygen atoms in total. The zero-order valence-corrected chi connectivity index (χ0v) is 10.7. The van der Waals surface area contributed by atoms with Gasteiger partial charge in [0.25, 0.3) is 0 Å². The van der Waals surface area contributed by atoms with Crippen molar-refractivity contribution in [2.24, 2.45) is 5.92 Å². The van der Waals surface area contributed by atoms with Crippen LogP contribution in [0.3, 0.4) is 0 Å². The zero-order chi connectivity index (χ0) is 12.8. The highest BCUT2D eigenvalue weighted by Gasteiger charge is 2.11. The Balaban J connectivity index is 2.57. The van der Waals surface area contributed by atoms with Crippen LogP contribution >= 0.6 is 11.8 Å². The van der Waals surface area contributed by atoms with Crippen molar-refractivity contribution in [1.82, 2.24) is 4.98 Å². The number of pyridine rings is 1. The summed E-state index contributed by atoms with van der Waals surface area (Å²) in [6.45, 7) is 3.46. The van der Waals surface area contributed by atoms with Gasteiger partial charge in [-0.2, -0.15) is 0 Å². The van der Waals surface area contributed by atoms with Gasteiger partial charge in [-0.1, -0.05) is 13.8 Å². The summed E-state index contributed by atoms with van der Waals surface area (Å²) in [5.74, 6) is -0.682. The normalized spacial score (nSPS) is 12.1. The molecule has 0 fully saturated rings. The molecule has 0 aliphatic heterocycles. The highest BCUT2D eigenvalue weighted by molar-refractivity contribution is 7.99. The molecule has 1 N–H and O–H groups in total. The number of rotatable bonds is 6. The molecule has 1 heterocycles. The molecule has 1 rings (SSSR count). The summed E-state index contributed by atoms with van der Waals surface area (Å²) >= 11 is 1.43. The van der Waals surface area contributed by atoms with Gasteiger partial charge in [0.15, 0.2) is 5.78 Å². The Morgan fingerprint density at radius 2 is 2.18 bits per heavy atom. The Morgan fingerprint density at radius 1 is 1.47 bits per heavy atom. The van der Waals surface area contributed by atoms with Crippen LogP contribution in [0.15, 0.2) is 23.2 Å². The van der Waals surface area contributed by atoms with Crippen LogP contribution in [0.4, 0.5) is 0 Å². The number of Topliss-reactive ketones (excluding diaryl/α,β-unsaturated/α-hetero) is 1. The molecule has 1 atom stereocenters. The van der Waals surface area contributed by atoms with Gasteiger partial charge in [-0.15, -0.1) is 11.8 Å². The standard InChI is InChI=1S/C12H15NO3S/c1-3-11(14)10-5-4-9(6-13-10)17-7-8(2)12(15)16/h4-6,8H,3,7H2,1-2H3,(H,15,16). The van der Waals surface area contributed by atoms with E-state index in [1.54, 1.807) is 32.2 Å². The average Bonchev–Trinajstić information content (AvgIpc) is 2.35. The number of thioether (sulfide) groups is 1. The fourth-order valence-corrected chi connectivity index (χ4v) is 1.98. The number of hydrogen-bond acceptors (Lipinski definition) is 4. The molecular formula is C12H15NO3S. The third-order valence-electron chi connectivity index (χ3n) is 2.26. The predicted molar refractivity (Wildman–Crippen MR) is 66.4 cm³/mol. The van der Waals surface area contributed by atoms with E-state index in [0.717, 1.165) is 4.90 Å². The Morgan fingerprint density at radius 3 is 2.65 bits per heavy atom. The molecule has 5 heteroatoms. The highest BCUT2D eigenvalue weighted by atomic mass is 32.2. The van der Waals surface area contributed by atoms with Crippen molar-refractivity contribution in [3.63, 3.8) is 0 Å². The second-order valence-corrected chi connectivity index (χ2v) is 4.80. The second kappa shape index (κ2) is 6.39. The van der Waals surface area contributed by atoms with Crippen molar-refractivity contribution in [2.75, 3.05) is 5.75 Å². The quantitative estimate of drug-likeness (QED) is 0.623. The van der Waals surface area contributed by atoms with Crippen LogP contribution in [0.1, 0.15) is 30.8 Å². The minimum Gasteiger partial charge on any atom is -0.481 e. The maximum atomic E-state index is 11.3. The van der Waals surface area contributed by atoms with E-state index in [1.165, 1.54) is 11.8 Å². The van der Waals surface area contributed by atoms with E-state index in [1.807, 2.05) is 0 Å². The zero-order valence-electron chi connectivity index (χ0n) is 9.84. The summed E-state index contributed by atoms with van der Waals surface area (Å²) in [6, 6.07) is 3.48. The minimum atomic E-state index is -0.803. The molecule has 92 valence electrons. The van der Waals surface area contributed by atoms with Gasteiger partial charge >= 0.3 is 5.97 Å². The fourth-order valence-electron chi connectivity index (χ4n) is 1.10.